The molecule has 0 spiro atoms. The van der Waals surface area contributed by atoms with Gasteiger partial charge < -0.3 is 14.2 Å². The molecule has 7 heteroatoms. The minimum atomic E-state index is -0.529. The Morgan fingerprint density at radius 3 is 1.83 bits per heavy atom. The Labute approximate surface area is 293 Å². The monoisotopic (exact) mass is 669 g/mol. The van der Waals surface area contributed by atoms with Crippen LogP contribution in [0.2, 0.25) is 0 Å². The summed E-state index contributed by atoms with van der Waals surface area (Å²) in [5.74, 6) is 2.44. The summed E-state index contributed by atoms with van der Waals surface area (Å²) in [5, 5.41) is 19.4. The van der Waals surface area contributed by atoms with Crippen molar-refractivity contribution in [2.24, 2.45) is 10.2 Å². The highest BCUT2D eigenvalue weighted by Gasteiger charge is 2.32. The van der Waals surface area contributed by atoms with Gasteiger partial charge in [0.1, 0.15) is 17.2 Å². The summed E-state index contributed by atoms with van der Waals surface area (Å²) in [6.45, 7) is 4.90. The first-order valence-electron chi connectivity index (χ1n) is 18.2. The van der Waals surface area contributed by atoms with Gasteiger partial charge in [-0.15, -0.1) is 12.4 Å². The zero-order chi connectivity index (χ0) is 33.3. The molecule has 0 aliphatic rings. The summed E-state index contributed by atoms with van der Waals surface area (Å²) in [7, 11) is 5.10. The number of hydrogen-bond acceptors (Lipinski definition) is 6. The van der Waals surface area contributed by atoms with E-state index in [-0.39, 0.29) is 18.4 Å². The van der Waals surface area contributed by atoms with Gasteiger partial charge in [0.2, 0.25) is 0 Å². The van der Waals surface area contributed by atoms with Crippen LogP contribution in [-0.2, 0) is 11.8 Å². The standard InChI is InChI=1S/C40H63N3O3.ClH/c1-6-8-9-10-11-12-13-14-15-16-17-18-19-27-40(33-41,35-22-20-24-37(31-35)46-7-2)28-21-23-36(43-42-3)26-25-34-29-38(44-4)32-39(30-34)45-5;/h20,22,24,29-32,36H,6-19,21,23,25-28H2,1-5H3;1H/b43-42+;. The minimum absolute atomic E-state index is 0. The zero-order valence-electron chi connectivity index (χ0n) is 30.2. The molecule has 0 heterocycles. The first-order valence-corrected chi connectivity index (χ1v) is 18.2. The van der Waals surface area contributed by atoms with Gasteiger partial charge in [0, 0.05) is 13.1 Å². The van der Waals surface area contributed by atoms with Crippen molar-refractivity contribution in [2.75, 3.05) is 27.9 Å². The number of rotatable bonds is 27. The number of benzene rings is 2. The van der Waals surface area contributed by atoms with E-state index in [0.717, 1.165) is 73.3 Å². The maximum atomic E-state index is 10.7. The van der Waals surface area contributed by atoms with Crippen molar-refractivity contribution < 1.29 is 14.2 Å². The largest absolute Gasteiger partial charge is 0.497 e. The van der Waals surface area contributed by atoms with E-state index < -0.39 is 5.41 Å². The van der Waals surface area contributed by atoms with Crippen molar-refractivity contribution in [1.82, 2.24) is 0 Å². The van der Waals surface area contributed by atoms with Crippen LogP contribution in [0.3, 0.4) is 0 Å². The number of halogens is 1. The number of ether oxygens (including phenoxy) is 3. The third kappa shape index (κ3) is 16.7. The molecule has 0 saturated carbocycles. The molecule has 0 radical (unpaired) electrons. The van der Waals surface area contributed by atoms with Gasteiger partial charge in [-0.1, -0.05) is 103 Å². The maximum Gasteiger partial charge on any atom is 0.122 e. The molecule has 2 aromatic rings. The number of hydrogen-bond donors (Lipinski definition) is 0. The second-order valence-corrected chi connectivity index (χ2v) is 12.8. The van der Waals surface area contributed by atoms with Gasteiger partial charge in [0.15, 0.2) is 0 Å². The lowest BCUT2D eigenvalue weighted by Gasteiger charge is -2.28. The van der Waals surface area contributed by atoms with Gasteiger partial charge in [0.25, 0.3) is 0 Å². The third-order valence-corrected chi connectivity index (χ3v) is 9.22. The highest BCUT2D eigenvalue weighted by Crippen LogP contribution is 2.37. The second-order valence-electron chi connectivity index (χ2n) is 12.8. The Kier molecular flexibility index (Phi) is 23.6. The van der Waals surface area contributed by atoms with Crippen LogP contribution in [0.5, 0.6) is 17.2 Å². The fourth-order valence-electron chi connectivity index (χ4n) is 6.49. The number of azo groups is 1. The fraction of sp³-hybridized carbons (Fsp3) is 0.675. The number of methoxy groups -OCH3 is 2. The third-order valence-electron chi connectivity index (χ3n) is 9.22. The van der Waals surface area contributed by atoms with Gasteiger partial charge in [-0.2, -0.15) is 15.5 Å². The van der Waals surface area contributed by atoms with E-state index in [1.807, 2.05) is 25.1 Å². The van der Waals surface area contributed by atoms with E-state index in [0.29, 0.717) is 6.61 Å². The number of unbranched alkanes of at least 4 members (excludes halogenated alkanes) is 12. The zero-order valence-corrected chi connectivity index (χ0v) is 31.1. The summed E-state index contributed by atoms with van der Waals surface area (Å²) < 4.78 is 16.8. The molecule has 6 nitrogen and oxygen atoms in total. The molecular weight excluding hydrogens is 606 g/mol. The van der Waals surface area contributed by atoms with Crippen LogP contribution >= 0.6 is 12.4 Å². The number of nitriles is 1. The number of aryl methyl sites for hydroxylation is 1. The van der Waals surface area contributed by atoms with Gasteiger partial charge >= 0.3 is 0 Å². The molecule has 2 atom stereocenters. The first kappa shape index (κ1) is 42.2. The van der Waals surface area contributed by atoms with E-state index >= 15 is 0 Å². The van der Waals surface area contributed by atoms with Crippen molar-refractivity contribution in [3.05, 3.63) is 53.6 Å². The van der Waals surface area contributed by atoms with Crippen LogP contribution in [0.1, 0.15) is 141 Å². The molecule has 0 amide bonds. The summed E-state index contributed by atoms with van der Waals surface area (Å²) in [6, 6.07) is 17.1. The molecule has 0 aromatic heterocycles. The number of nitrogens with zero attached hydrogens (tertiary/aromatic N) is 3. The van der Waals surface area contributed by atoms with Crippen LogP contribution in [0.15, 0.2) is 52.7 Å². The van der Waals surface area contributed by atoms with Gasteiger partial charge in [0.05, 0.1) is 38.4 Å². The fourth-order valence-corrected chi connectivity index (χ4v) is 6.49. The predicted molar refractivity (Wildman–Crippen MR) is 199 cm³/mol. The Bertz CT molecular complexity index is 1130. The lowest BCUT2D eigenvalue weighted by atomic mass is 9.73. The molecule has 2 rings (SSSR count). The molecule has 264 valence electrons. The molecular formula is C40H64ClN3O3. The SMILES string of the molecule is CCCCCCCCCCCCCCCC(C#N)(CCCC(CCc1cc(OC)cc(OC)c1)/N=N/C)c1cccc(OCC)c1.Cl. The van der Waals surface area contributed by atoms with Crippen molar-refractivity contribution in [3.8, 4) is 23.3 Å². The molecule has 0 bridgehead atoms. The molecule has 0 fully saturated rings. The molecule has 0 N–H and O–H groups in total. The minimum Gasteiger partial charge on any atom is -0.497 e. The average molecular weight is 670 g/mol. The second kappa shape index (κ2) is 26.2. The highest BCUT2D eigenvalue weighted by molar-refractivity contribution is 5.85. The molecule has 0 aliphatic heterocycles. The van der Waals surface area contributed by atoms with Crippen LogP contribution in [-0.4, -0.2) is 33.9 Å². The molecule has 2 unspecified atom stereocenters. The van der Waals surface area contributed by atoms with E-state index in [9.17, 15) is 5.26 Å². The highest BCUT2D eigenvalue weighted by atomic mass is 35.5. The van der Waals surface area contributed by atoms with E-state index in [4.69, 9.17) is 14.2 Å². The van der Waals surface area contributed by atoms with Crippen molar-refractivity contribution in [2.45, 2.75) is 147 Å². The van der Waals surface area contributed by atoms with Crippen molar-refractivity contribution in [3.63, 3.8) is 0 Å². The predicted octanol–water partition coefficient (Wildman–Crippen LogP) is 12.0. The smallest absolute Gasteiger partial charge is 0.122 e. The lowest BCUT2D eigenvalue weighted by Crippen LogP contribution is -2.25. The van der Waals surface area contributed by atoms with Gasteiger partial charge in [-0.25, -0.2) is 0 Å². The quantitative estimate of drug-likeness (QED) is 0.0700. The molecule has 2 aromatic carbocycles. The molecule has 0 saturated heterocycles. The Balaban J connectivity index is 0.0000110. The summed E-state index contributed by atoms with van der Waals surface area (Å²) >= 11 is 0. The van der Waals surface area contributed by atoms with Crippen molar-refractivity contribution >= 4 is 12.4 Å². The Hall–Kier alpha value is -2.78. The van der Waals surface area contributed by atoms with E-state index in [2.05, 4.69) is 47.5 Å². The van der Waals surface area contributed by atoms with E-state index in [1.165, 1.54) is 77.0 Å². The summed E-state index contributed by atoms with van der Waals surface area (Å²) in [6.07, 6.45) is 22.4. The van der Waals surface area contributed by atoms with Gasteiger partial charge in [-0.3, -0.25) is 0 Å². The van der Waals surface area contributed by atoms with E-state index in [1.54, 1.807) is 21.3 Å². The topological polar surface area (TPSA) is 76.2 Å². The van der Waals surface area contributed by atoms with Crippen molar-refractivity contribution in [1.29, 1.82) is 5.26 Å². The summed E-state index contributed by atoms with van der Waals surface area (Å²) in [4.78, 5) is 0. The Morgan fingerprint density at radius 2 is 1.30 bits per heavy atom. The first-order chi connectivity index (χ1) is 22.5. The van der Waals surface area contributed by atoms with Crippen LogP contribution < -0.4 is 14.2 Å². The Morgan fingerprint density at radius 1 is 0.723 bits per heavy atom. The van der Waals surface area contributed by atoms with Crippen LogP contribution in [0.25, 0.3) is 0 Å². The van der Waals surface area contributed by atoms with Crippen LogP contribution in [0.4, 0.5) is 0 Å². The lowest BCUT2D eigenvalue weighted by molar-refractivity contribution is 0.337. The summed E-state index contributed by atoms with van der Waals surface area (Å²) in [5.41, 5.74) is 1.71. The normalized spacial score (nSPS) is 13.0. The maximum absolute atomic E-state index is 10.7. The average Bonchev–Trinajstić information content (AvgIpc) is 3.08. The molecule has 0 aliphatic carbocycles. The van der Waals surface area contributed by atoms with Crippen LogP contribution in [0, 0.1) is 11.3 Å². The van der Waals surface area contributed by atoms with Gasteiger partial charge in [-0.05, 0) is 80.8 Å². The molecule has 47 heavy (non-hydrogen) atoms.